The first-order valence-electron chi connectivity index (χ1n) is 9.07. The van der Waals surface area contributed by atoms with Gasteiger partial charge in [0.25, 0.3) is 0 Å². The van der Waals surface area contributed by atoms with Crippen LogP contribution in [0, 0.1) is 11.8 Å². The van der Waals surface area contributed by atoms with Gasteiger partial charge in [-0.15, -0.1) is 0 Å². The topological polar surface area (TPSA) is 46.6 Å². The van der Waals surface area contributed by atoms with Crippen molar-refractivity contribution in [1.82, 2.24) is 4.90 Å². The SMILES string of the molecule is CCC(CC)C(=O)N(CCC1=CCCCC1)CC(C)C(=O)OC. The number of rotatable bonds is 9. The van der Waals surface area contributed by atoms with Gasteiger partial charge in [-0.05, 0) is 44.9 Å². The zero-order valence-electron chi connectivity index (χ0n) is 15.3. The quantitative estimate of drug-likeness (QED) is 0.477. The highest BCUT2D eigenvalue weighted by Gasteiger charge is 2.25. The molecule has 1 atom stereocenters. The van der Waals surface area contributed by atoms with Crippen molar-refractivity contribution in [2.75, 3.05) is 20.2 Å². The molecule has 0 fully saturated rings. The Hall–Kier alpha value is -1.32. The zero-order valence-corrected chi connectivity index (χ0v) is 15.3. The summed E-state index contributed by atoms with van der Waals surface area (Å²) >= 11 is 0. The molecule has 4 nitrogen and oxygen atoms in total. The summed E-state index contributed by atoms with van der Waals surface area (Å²) in [5, 5.41) is 0. The molecule has 0 aliphatic heterocycles. The Balaban J connectivity index is 2.72. The molecule has 0 bridgehead atoms. The van der Waals surface area contributed by atoms with Crippen molar-refractivity contribution in [2.45, 2.75) is 65.7 Å². The van der Waals surface area contributed by atoms with Gasteiger partial charge in [0.15, 0.2) is 0 Å². The van der Waals surface area contributed by atoms with Crippen LogP contribution < -0.4 is 0 Å². The van der Waals surface area contributed by atoms with Gasteiger partial charge in [0, 0.05) is 19.0 Å². The van der Waals surface area contributed by atoms with E-state index in [-0.39, 0.29) is 23.7 Å². The number of methoxy groups -OCH3 is 1. The van der Waals surface area contributed by atoms with Crippen molar-refractivity contribution < 1.29 is 14.3 Å². The fourth-order valence-electron chi connectivity index (χ4n) is 3.20. The molecule has 0 aromatic heterocycles. The van der Waals surface area contributed by atoms with Gasteiger partial charge in [0.2, 0.25) is 5.91 Å². The van der Waals surface area contributed by atoms with Crippen LogP contribution >= 0.6 is 0 Å². The number of amides is 1. The lowest BCUT2D eigenvalue weighted by Gasteiger charge is -2.29. The number of carbonyl (C=O) groups excluding carboxylic acids is 2. The molecule has 0 saturated carbocycles. The van der Waals surface area contributed by atoms with Crippen LogP contribution in [0.5, 0.6) is 0 Å². The Kier molecular flexibility index (Phi) is 8.97. The van der Waals surface area contributed by atoms with Crippen LogP contribution in [0.15, 0.2) is 11.6 Å². The summed E-state index contributed by atoms with van der Waals surface area (Å²) in [4.78, 5) is 26.4. The third-order valence-electron chi connectivity index (χ3n) is 4.83. The number of hydrogen-bond donors (Lipinski definition) is 0. The highest BCUT2D eigenvalue weighted by atomic mass is 16.5. The minimum absolute atomic E-state index is 0.0557. The summed E-state index contributed by atoms with van der Waals surface area (Å²) in [5.74, 6) is -0.287. The minimum Gasteiger partial charge on any atom is -0.469 e. The summed E-state index contributed by atoms with van der Waals surface area (Å²) < 4.78 is 4.81. The zero-order chi connectivity index (χ0) is 17.2. The number of allylic oxidation sites excluding steroid dienone is 1. The Morgan fingerprint density at radius 2 is 1.96 bits per heavy atom. The summed E-state index contributed by atoms with van der Waals surface area (Å²) in [6.45, 7) is 7.10. The Labute approximate surface area is 141 Å². The van der Waals surface area contributed by atoms with Crippen LogP contribution in [-0.4, -0.2) is 37.0 Å². The van der Waals surface area contributed by atoms with E-state index in [0.29, 0.717) is 13.1 Å². The monoisotopic (exact) mass is 323 g/mol. The first-order valence-corrected chi connectivity index (χ1v) is 9.07. The van der Waals surface area contributed by atoms with Crippen molar-refractivity contribution in [3.8, 4) is 0 Å². The summed E-state index contributed by atoms with van der Waals surface area (Å²) in [6.07, 6.45) is 9.80. The third-order valence-corrected chi connectivity index (χ3v) is 4.83. The Bertz CT molecular complexity index is 413. The molecule has 0 N–H and O–H groups in total. The van der Waals surface area contributed by atoms with E-state index in [1.807, 2.05) is 11.8 Å². The molecule has 1 unspecified atom stereocenters. The van der Waals surface area contributed by atoms with E-state index in [2.05, 4.69) is 19.9 Å². The molecule has 1 aliphatic carbocycles. The van der Waals surface area contributed by atoms with E-state index >= 15 is 0 Å². The van der Waals surface area contributed by atoms with Crippen molar-refractivity contribution >= 4 is 11.9 Å². The molecule has 1 aliphatic rings. The molecule has 0 aromatic carbocycles. The van der Waals surface area contributed by atoms with Gasteiger partial charge in [-0.25, -0.2) is 0 Å². The van der Waals surface area contributed by atoms with Gasteiger partial charge < -0.3 is 9.64 Å². The largest absolute Gasteiger partial charge is 0.469 e. The Morgan fingerprint density at radius 1 is 1.26 bits per heavy atom. The lowest BCUT2D eigenvalue weighted by Crippen LogP contribution is -2.41. The molecule has 23 heavy (non-hydrogen) atoms. The molecule has 0 spiro atoms. The van der Waals surface area contributed by atoms with Gasteiger partial charge in [0.1, 0.15) is 0 Å². The summed E-state index contributed by atoms with van der Waals surface area (Å²) in [7, 11) is 1.40. The third kappa shape index (κ3) is 6.36. The number of esters is 1. The molecular formula is C19H33NO3. The molecule has 0 radical (unpaired) electrons. The molecular weight excluding hydrogens is 290 g/mol. The molecule has 1 rings (SSSR count). The van der Waals surface area contributed by atoms with E-state index in [1.165, 1.54) is 25.5 Å². The van der Waals surface area contributed by atoms with Crippen LogP contribution in [-0.2, 0) is 14.3 Å². The molecule has 0 saturated heterocycles. The number of nitrogens with zero attached hydrogens (tertiary/aromatic N) is 1. The van der Waals surface area contributed by atoms with Gasteiger partial charge in [-0.1, -0.05) is 32.4 Å². The van der Waals surface area contributed by atoms with E-state index in [0.717, 1.165) is 32.1 Å². The highest BCUT2D eigenvalue weighted by molar-refractivity contribution is 5.80. The van der Waals surface area contributed by atoms with Crippen molar-refractivity contribution in [3.05, 3.63) is 11.6 Å². The smallest absolute Gasteiger partial charge is 0.310 e. The lowest BCUT2D eigenvalue weighted by molar-refractivity contribution is -0.147. The Morgan fingerprint density at radius 3 is 2.48 bits per heavy atom. The van der Waals surface area contributed by atoms with Crippen molar-refractivity contribution in [3.63, 3.8) is 0 Å². The molecule has 0 aromatic rings. The van der Waals surface area contributed by atoms with Gasteiger partial charge in [-0.2, -0.15) is 0 Å². The molecule has 0 heterocycles. The first kappa shape index (κ1) is 19.7. The van der Waals surface area contributed by atoms with Crippen LogP contribution in [0.25, 0.3) is 0 Å². The summed E-state index contributed by atoms with van der Waals surface area (Å²) in [6, 6.07) is 0. The standard InChI is InChI=1S/C19H33NO3/c1-5-17(6-2)18(21)20(14-15(3)19(22)23-4)13-12-16-10-8-7-9-11-16/h10,15,17H,5-9,11-14H2,1-4H3. The van der Waals surface area contributed by atoms with E-state index in [1.54, 1.807) is 0 Å². The van der Waals surface area contributed by atoms with E-state index in [4.69, 9.17) is 4.74 Å². The normalized spacial score (nSPS) is 16.0. The lowest BCUT2D eigenvalue weighted by atomic mass is 9.96. The average Bonchev–Trinajstić information content (AvgIpc) is 2.59. The molecule has 1 amide bonds. The van der Waals surface area contributed by atoms with Crippen LogP contribution in [0.4, 0.5) is 0 Å². The summed E-state index contributed by atoms with van der Waals surface area (Å²) in [5.41, 5.74) is 1.46. The van der Waals surface area contributed by atoms with Gasteiger partial charge >= 0.3 is 5.97 Å². The number of hydrogen-bond acceptors (Lipinski definition) is 3. The number of ether oxygens (including phenoxy) is 1. The van der Waals surface area contributed by atoms with E-state index in [9.17, 15) is 9.59 Å². The molecule has 132 valence electrons. The second-order valence-electron chi connectivity index (χ2n) is 6.58. The maximum Gasteiger partial charge on any atom is 0.310 e. The van der Waals surface area contributed by atoms with Crippen LogP contribution in [0.2, 0.25) is 0 Å². The minimum atomic E-state index is -0.279. The molecule has 4 heteroatoms. The maximum atomic E-state index is 12.8. The predicted molar refractivity (Wildman–Crippen MR) is 93.0 cm³/mol. The van der Waals surface area contributed by atoms with Gasteiger partial charge in [0.05, 0.1) is 13.0 Å². The maximum absolute atomic E-state index is 12.8. The predicted octanol–water partition coefficient (Wildman–Crippen LogP) is 3.95. The van der Waals surface area contributed by atoms with Crippen LogP contribution in [0.3, 0.4) is 0 Å². The fraction of sp³-hybridized carbons (Fsp3) is 0.789. The van der Waals surface area contributed by atoms with Crippen LogP contribution in [0.1, 0.15) is 65.7 Å². The van der Waals surface area contributed by atoms with E-state index < -0.39 is 0 Å². The van der Waals surface area contributed by atoms with Gasteiger partial charge in [-0.3, -0.25) is 9.59 Å². The average molecular weight is 323 g/mol. The highest BCUT2D eigenvalue weighted by Crippen LogP contribution is 2.22. The van der Waals surface area contributed by atoms with Crippen molar-refractivity contribution in [2.24, 2.45) is 11.8 Å². The second kappa shape index (κ2) is 10.5. The first-order chi connectivity index (χ1) is 11.0. The fourth-order valence-corrected chi connectivity index (χ4v) is 3.20. The number of carbonyl (C=O) groups is 2. The van der Waals surface area contributed by atoms with Crippen molar-refractivity contribution in [1.29, 1.82) is 0 Å². The second-order valence-corrected chi connectivity index (χ2v) is 6.58.